The number of carbonyl (C=O) groups excluding carboxylic acids is 2. The molecule has 3 aromatic rings. The Morgan fingerprint density at radius 1 is 1.11 bits per heavy atom. The molecule has 4 rings (SSSR count). The average Bonchev–Trinajstić information content (AvgIpc) is 3.32. The van der Waals surface area contributed by atoms with Crippen LogP contribution in [0.2, 0.25) is 0 Å². The van der Waals surface area contributed by atoms with Crippen LogP contribution in [0.25, 0.3) is 6.08 Å². The van der Waals surface area contributed by atoms with Crippen LogP contribution in [0, 0.1) is 19.7 Å². The first-order chi connectivity index (χ1) is 16.9. The summed E-state index contributed by atoms with van der Waals surface area (Å²) in [6, 6.07) is 16.9. The Bertz CT molecular complexity index is 1300. The van der Waals surface area contributed by atoms with Gasteiger partial charge in [0.15, 0.2) is 11.0 Å². The molecule has 0 saturated carbocycles. The number of amides is 1. The van der Waals surface area contributed by atoms with Crippen molar-refractivity contribution in [2.45, 2.75) is 20.4 Å². The lowest BCUT2D eigenvalue weighted by atomic mass is 10.2. The van der Waals surface area contributed by atoms with Crippen LogP contribution in [0.3, 0.4) is 0 Å². The number of amidine groups is 1. The van der Waals surface area contributed by atoms with Crippen molar-refractivity contribution >= 4 is 40.4 Å². The Morgan fingerprint density at radius 2 is 1.83 bits per heavy atom. The van der Waals surface area contributed by atoms with Crippen molar-refractivity contribution in [3.63, 3.8) is 0 Å². The van der Waals surface area contributed by atoms with Gasteiger partial charge in [-0.3, -0.25) is 14.5 Å². The molecular weight excluding hydrogens is 465 g/mol. The van der Waals surface area contributed by atoms with Gasteiger partial charge in [0.2, 0.25) is 0 Å². The zero-order chi connectivity index (χ0) is 24.9. The summed E-state index contributed by atoms with van der Waals surface area (Å²) in [5.74, 6) is -0.669. The number of ether oxygens (including phenoxy) is 1. The fourth-order valence-electron chi connectivity index (χ4n) is 3.94. The highest BCUT2D eigenvalue weighted by atomic mass is 32.2. The van der Waals surface area contributed by atoms with Crippen LogP contribution in [-0.2, 0) is 16.1 Å². The Hall–Kier alpha value is -3.49. The summed E-state index contributed by atoms with van der Waals surface area (Å²) in [4.78, 5) is 32.3. The van der Waals surface area contributed by atoms with E-state index < -0.39 is 5.82 Å². The molecule has 180 valence electrons. The first-order valence-electron chi connectivity index (χ1n) is 11.2. The van der Waals surface area contributed by atoms with E-state index >= 15 is 0 Å². The molecule has 0 unspecified atom stereocenters. The highest BCUT2D eigenvalue weighted by Crippen LogP contribution is 2.30. The van der Waals surface area contributed by atoms with Gasteiger partial charge in [-0.15, -0.1) is 0 Å². The average molecular weight is 492 g/mol. The number of halogens is 1. The Balaban J connectivity index is 1.59. The van der Waals surface area contributed by atoms with E-state index in [0.29, 0.717) is 29.6 Å². The van der Waals surface area contributed by atoms with Gasteiger partial charge in [-0.2, -0.15) is 0 Å². The third-order valence-electron chi connectivity index (χ3n) is 5.74. The van der Waals surface area contributed by atoms with Gasteiger partial charge >= 0.3 is 0 Å². The molecule has 0 bridgehead atoms. The number of carbonyl (C=O) groups is 2. The van der Waals surface area contributed by atoms with Crippen LogP contribution >= 0.6 is 11.8 Å². The summed E-state index contributed by atoms with van der Waals surface area (Å²) >= 11 is 1.19. The van der Waals surface area contributed by atoms with Crippen molar-refractivity contribution in [1.29, 1.82) is 0 Å². The monoisotopic (exact) mass is 491 g/mol. The van der Waals surface area contributed by atoms with E-state index in [0.717, 1.165) is 17.0 Å². The van der Waals surface area contributed by atoms with Gasteiger partial charge in [0.05, 0.1) is 18.0 Å². The molecular formula is C27H26FN3O3S. The highest BCUT2D eigenvalue weighted by Gasteiger charge is 2.32. The Kier molecular flexibility index (Phi) is 7.63. The third kappa shape index (κ3) is 5.44. The van der Waals surface area contributed by atoms with Crippen LogP contribution in [0.5, 0.6) is 0 Å². The maximum absolute atomic E-state index is 13.5. The maximum Gasteiger partial charge on any atom is 0.283 e. The number of hydrogen-bond acceptors (Lipinski definition) is 5. The second-order valence-electron chi connectivity index (χ2n) is 8.09. The molecule has 0 N–H and O–H groups in total. The zero-order valence-corrected chi connectivity index (χ0v) is 20.6. The third-order valence-corrected chi connectivity index (χ3v) is 6.68. The lowest BCUT2D eigenvalue weighted by molar-refractivity contribution is -0.113. The van der Waals surface area contributed by atoms with Crippen molar-refractivity contribution < 1.29 is 18.7 Å². The summed E-state index contributed by atoms with van der Waals surface area (Å²) in [7, 11) is 1.65. The lowest BCUT2D eigenvalue weighted by Crippen LogP contribution is -2.30. The molecule has 1 aromatic heterocycles. The number of aliphatic imine (C=N–C) groups is 1. The number of rotatable bonds is 8. The van der Waals surface area contributed by atoms with E-state index in [-0.39, 0.29) is 23.1 Å². The first kappa shape index (κ1) is 24.6. The minimum absolute atomic E-state index is 0.0542. The topological polar surface area (TPSA) is 63.9 Å². The second kappa shape index (κ2) is 10.8. The molecule has 0 aliphatic carbocycles. The van der Waals surface area contributed by atoms with E-state index in [4.69, 9.17) is 4.74 Å². The van der Waals surface area contributed by atoms with Gasteiger partial charge in [-0.05, 0) is 55.8 Å². The van der Waals surface area contributed by atoms with E-state index in [2.05, 4.69) is 9.56 Å². The van der Waals surface area contributed by atoms with Crippen LogP contribution in [0.1, 0.15) is 27.3 Å². The fourth-order valence-corrected chi connectivity index (χ4v) is 4.83. The van der Waals surface area contributed by atoms with Crippen LogP contribution < -0.4 is 4.90 Å². The quantitative estimate of drug-likeness (QED) is 0.319. The molecule has 0 atom stereocenters. The number of aromatic nitrogens is 1. The number of nitrogens with zero attached hydrogens (tertiary/aromatic N) is 3. The Morgan fingerprint density at radius 3 is 2.51 bits per heavy atom. The molecule has 0 radical (unpaired) electrons. The number of hydrogen-bond donors (Lipinski definition) is 0. The molecule has 6 nitrogen and oxygen atoms in total. The van der Waals surface area contributed by atoms with Crippen molar-refractivity contribution in [1.82, 2.24) is 4.57 Å². The molecule has 0 saturated heterocycles. The van der Waals surface area contributed by atoms with E-state index in [9.17, 15) is 14.0 Å². The van der Waals surface area contributed by atoms with Crippen LogP contribution in [0.4, 0.5) is 10.1 Å². The summed E-state index contributed by atoms with van der Waals surface area (Å²) < 4.78 is 20.8. The Labute approximate surface area is 208 Å². The minimum atomic E-state index is -0.398. The van der Waals surface area contributed by atoms with E-state index in [1.165, 1.54) is 40.9 Å². The van der Waals surface area contributed by atoms with Crippen LogP contribution in [0.15, 0.2) is 71.4 Å². The number of ketones is 1. The van der Waals surface area contributed by atoms with Crippen LogP contribution in [-0.4, -0.2) is 40.9 Å². The van der Waals surface area contributed by atoms with Crippen molar-refractivity contribution in [2.75, 3.05) is 24.4 Å². The number of benzene rings is 2. The predicted octanol–water partition coefficient (Wildman–Crippen LogP) is 5.25. The summed E-state index contributed by atoms with van der Waals surface area (Å²) in [5, 5.41) is 0.380. The summed E-state index contributed by atoms with van der Waals surface area (Å²) in [5.41, 5.74) is 4.10. The molecule has 8 heteroatoms. The minimum Gasteiger partial charge on any atom is -0.383 e. The molecule has 1 aliphatic heterocycles. The number of methoxy groups -OCH3 is 1. The predicted molar refractivity (Wildman–Crippen MR) is 138 cm³/mol. The van der Waals surface area contributed by atoms with E-state index in [1.54, 1.807) is 13.2 Å². The normalized spacial score (nSPS) is 14.6. The van der Waals surface area contributed by atoms with Crippen molar-refractivity contribution in [3.8, 4) is 0 Å². The SMILES string of the molecule is COCCn1c(C)cc(C(=O)CSC2=NC(=Cc3ccccc3)C(=O)N2c2ccc(F)cc2)c1C. The van der Waals surface area contributed by atoms with Gasteiger partial charge in [0.1, 0.15) is 11.5 Å². The molecule has 1 amide bonds. The molecule has 2 heterocycles. The van der Waals surface area contributed by atoms with Gasteiger partial charge in [-0.1, -0.05) is 42.1 Å². The van der Waals surface area contributed by atoms with Gasteiger partial charge < -0.3 is 9.30 Å². The smallest absolute Gasteiger partial charge is 0.283 e. The zero-order valence-electron chi connectivity index (χ0n) is 19.8. The lowest BCUT2D eigenvalue weighted by Gasteiger charge is -2.17. The second-order valence-corrected chi connectivity index (χ2v) is 9.04. The standard InChI is InChI=1S/C27H26FN3O3S/c1-18-15-23(19(2)30(18)13-14-34-3)25(32)17-35-27-29-24(16-20-7-5-4-6-8-20)26(33)31(27)22-11-9-21(28)10-12-22/h4-12,15-16H,13-14,17H2,1-3H3. The first-order valence-corrected chi connectivity index (χ1v) is 12.1. The molecule has 1 aliphatic rings. The van der Waals surface area contributed by atoms with Crippen molar-refractivity contribution in [3.05, 3.63) is 94.7 Å². The highest BCUT2D eigenvalue weighted by molar-refractivity contribution is 8.14. The fraction of sp³-hybridized carbons (Fsp3) is 0.222. The molecule has 35 heavy (non-hydrogen) atoms. The number of anilines is 1. The number of Topliss-reactive ketones (excluding diaryl/α,β-unsaturated/α-hetero) is 1. The summed E-state index contributed by atoms with van der Waals surface area (Å²) in [6.45, 7) is 5.11. The van der Waals surface area contributed by atoms with Crippen molar-refractivity contribution in [2.24, 2.45) is 4.99 Å². The maximum atomic E-state index is 13.5. The number of aryl methyl sites for hydroxylation is 1. The molecule has 0 fully saturated rings. The van der Waals surface area contributed by atoms with Gasteiger partial charge in [-0.25, -0.2) is 9.38 Å². The number of thioether (sulfide) groups is 1. The van der Waals surface area contributed by atoms with Gasteiger partial charge in [0, 0.05) is 30.6 Å². The summed E-state index contributed by atoms with van der Waals surface area (Å²) in [6.07, 6.45) is 1.71. The van der Waals surface area contributed by atoms with E-state index in [1.807, 2.05) is 50.2 Å². The van der Waals surface area contributed by atoms with Gasteiger partial charge in [0.25, 0.3) is 5.91 Å². The molecule has 0 spiro atoms. The molecule has 2 aromatic carbocycles. The largest absolute Gasteiger partial charge is 0.383 e.